The summed E-state index contributed by atoms with van der Waals surface area (Å²) in [4.78, 5) is 16.3. The number of amides is 1. The van der Waals surface area contributed by atoms with Gasteiger partial charge >= 0.3 is 11.9 Å². The monoisotopic (exact) mass is 414 g/mol. The van der Waals surface area contributed by atoms with E-state index in [0.29, 0.717) is 37.1 Å². The molecule has 29 heavy (non-hydrogen) atoms. The minimum atomic E-state index is -4.70. The highest BCUT2D eigenvalue weighted by Gasteiger charge is 2.32. The van der Waals surface area contributed by atoms with Gasteiger partial charge in [0.25, 0.3) is 5.91 Å². The molecular formula is C20H22F4N2O3. The largest absolute Gasteiger partial charge is 0.428 e. The van der Waals surface area contributed by atoms with E-state index >= 15 is 0 Å². The maximum Gasteiger partial charge on any atom is 0.416 e. The fourth-order valence-electron chi connectivity index (χ4n) is 2.96. The SMILES string of the molecule is CC(C)(C)c1cn(C[C@H]2CCCO2)/c(=N/C(=O)c2cc(C(F)(F)F)ccc2F)o1. The van der Waals surface area contributed by atoms with Crippen molar-refractivity contribution in [3.8, 4) is 0 Å². The van der Waals surface area contributed by atoms with Crippen LogP contribution in [0.25, 0.3) is 0 Å². The summed E-state index contributed by atoms with van der Waals surface area (Å²) in [7, 11) is 0. The molecule has 0 unspecified atom stereocenters. The number of hydrogen-bond acceptors (Lipinski definition) is 3. The molecule has 1 atom stereocenters. The van der Waals surface area contributed by atoms with Crippen LogP contribution in [0, 0.1) is 5.82 Å². The second kappa shape index (κ2) is 7.78. The number of hydrogen-bond donors (Lipinski definition) is 0. The molecule has 1 saturated heterocycles. The van der Waals surface area contributed by atoms with E-state index in [4.69, 9.17) is 9.15 Å². The van der Waals surface area contributed by atoms with Crippen LogP contribution in [0.15, 0.2) is 33.8 Å². The molecule has 0 spiro atoms. The van der Waals surface area contributed by atoms with Crippen molar-refractivity contribution in [2.24, 2.45) is 4.99 Å². The van der Waals surface area contributed by atoms with Crippen LogP contribution in [0.4, 0.5) is 17.6 Å². The second-order valence-corrected chi connectivity index (χ2v) is 8.02. The predicted octanol–water partition coefficient (Wildman–Crippen LogP) is 4.46. The fourth-order valence-corrected chi connectivity index (χ4v) is 2.96. The molecule has 1 aliphatic heterocycles. The number of aromatic nitrogens is 1. The topological polar surface area (TPSA) is 56.7 Å². The maximum atomic E-state index is 14.0. The van der Waals surface area contributed by atoms with Crippen LogP contribution < -0.4 is 5.68 Å². The molecule has 2 aromatic rings. The standard InChI is InChI=1S/C20H22F4N2O3/c1-19(2,3)16-11-26(10-13-5-4-8-28-13)18(29-16)25-17(27)14-9-12(20(22,23)24)6-7-15(14)21/h6-7,9,11,13H,4-5,8,10H2,1-3H3/b25-18-/t13-/m1/s1. The average molecular weight is 414 g/mol. The molecule has 0 saturated carbocycles. The van der Waals surface area contributed by atoms with Crippen LogP contribution in [0.3, 0.4) is 0 Å². The summed E-state index contributed by atoms with van der Waals surface area (Å²) in [6.45, 7) is 6.72. The Hall–Kier alpha value is -2.42. The van der Waals surface area contributed by atoms with Gasteiger partial charge in [0.2, 0.25) is 0 Å². The van der Waals surface area contributed by atoms with E-state index in [1.165, 1.54) is 0 Å². The van der Waals surface area contributed by atoms with Crippen molar-refractivity contribution in [1.29, 1.82) is 0 Å². The Kier molecular flexibility index (Phi) is 5.71. The summed E-state index contributed by atoms with van der Waals surface area (Å²) in [5.41, 5.74) is -2.39. The zero-order valence-corrected chi connectivity index (χ0v) is 16.3. The van der Waals surface area contributed by atoms with E-state index in [0.717, 1.165) is 12.8 Å². The molecule has 0 bridgehead atoms. The Bertz CT molecular complexity index is 961. The lowest BCUT2D eigenvalue weighted by Crippen LogP contribution is -2.24. The third-order valence-electron chi connectivity index (χ3n) is 4.60. The van der Waals surface area contributed by atoms with Gasteiger partial charge in [-0.3, -0.25) is 9.36 Å². The summed E-state index contributed by atoms with van der Waals surface area (Å²) in [6, 6.07) is 1.64. The highest BCUT2D eigenvalue weighted by molar-refractivity contribution is 5.95. The predicted molar refractivity (Wildman–Crippen MR) is 95.7 cm³/mol. The molecule has 0 N–H and O–H groups in total. The van der Waals surface area contributed by atoms with Gasteiger partial charge in [0, 0.05) is 18.2 Å². The average Bonchev–Trinajstić information content (AvgIpc) is 3.24. The lowest BCUT2D eigenvalue weighted by molar-refractivity contribution is -0.137. The van der Waals surface area contributed by atoms with Gasteiger partial charge in [0.15, 0.2) is 0 Å². The Balaban J connectivity index is 2.02. The zero-order valence-electron chi connectivity index (χ0n) is 16.3. The van der Waals surface area contributed by atoms with Gasteiger partial charge in [0.05, 0.1) is 23.8 Å². The Morgan fingerprint density at radius 3 is 2.59 bits per heavy atom. The van der Waals surface area contributed by atoms with Gasteiger partial charge in [-0.1, -0.05) is 20.8 Å². The Morgan fingerprint density at radius 1 is 1.28 bits per heavy atom. The van der Waals surface area contributed by atoms with Crippen molar-refractivity contribution in [1.82, 2.24) is 4.57 Å². The fraction of sp³-hybridized carbons (Fsp3) is 0.500. The molecule has 1 aromatic carbocycles. The summed E-state index contributed by atoms with van der Waals surface area (Å²) >= 11 is 0. The highest BCUT2D eigenvalue weighted by Crippen LogP contribution is 2.30. The Morgan fingerprint density at radius 2 is 2.00 bits per heavy atom. The Labute approximate surface area is 165 Å². The molecular weight excluding hydrogens is 392 g/mol. The number of alkyl halides is 3. The minimum absolute atomic E-state index is 0.0836. The van der Waals surface area contributed by atoms with Crippen LogP contribution >= 0.6 is 0 Å². The van der Waals surface area contributed by atoms with Gasteiger partial charge < -0.3 is 9.15 Å². The normalized spacial score (nSPS) is 18.4. The third-order valence-corrected chi connectivity index (χ3v) is 4.60. The maximum absolute atomic E-state index is 14.0. The van der Waals surface area contributed by atoms with E-state index in [-0.39, 0.29) is 11.8 Å². The molecule has 158 valence electrons. The molecule has 1 aromatic heterocycles. The lowest BCUT2D eigenvalue weighted by atomic mass is 9.94. The third kappa shape index (κ3) is 4.95. The van der Waals surface area contributed by atoms with Crippen molar-refractivity contribution < 1.29 is 31.5 Å². The molecule has 1 amide bonds. The number of carbonyl (C=O) groups is 1. The van der Waals surface area contributed by atoms with E-state index in [1.54, 1.807) is 10.8 Å². The number of carbonyl (C=O) groups excluding carboxylic acids is 1. The smallest absolute Gasteiger partial charge is 0.416 e. The van der Waals surface area contributed by atoms with Gasteiger partial charge in [-0.2, -0.15) is 18.2 Å². The van der Waals surface area contributed by atoms with Crippen molar-refractivity contribution in [3.05, 3.63) is 52.8 Å². The zero-order chi connectivity index (χ0) is 21.4. The summed E-state index contributed by atoms with van der Waals surface area (Å²) in [5.74, 6) is -1.70. The van der Waals surface area contributed by atoms with Crippen molar-refractivity contribution in [2.45, 2.75) is 57.9 Å². The number of ether oxygens (including phenoxy) is 1. The summed E-state index contributed by atoms with van der Waals surface area (Å²) in [5, 5.41) is 0. The molecule has 1 aliphatic rings. The van der Waals surface area contributed by atoms with Gasteiger partial charge in [0.1, 0.15) is 11.6 Å². The van der Waals surface area contributed by atoms with Crippen LogP contribution in [0.5, 0.6) is 0 Å². The van der Waals surface area contributed by atoms with Crippen LogP contribution in [-0.4, -0.2) is 23.2 Å². The van der Waals surface area contributed by atoms with Crippen molar-refractivity contribution >= 4 is 5.91 Å². The molecule has 3 rings (SSSR count). The van der Waals surface area contributed by atoms with Crippen molar-refractivity contribution in [3.63, 3.8) is 0 Å². The van der Waals surface area contributed by atoms with Crippen molar-refractivity contribution in [2.75, 3.05) is 6.61 Å². The number of benzene rings is 1. The van der Waals surface area contributed by atoms with E-state index < -0.39 is 34.4 Å². The number of nitrogens with zero attached hydrogens (tertiary/aromatic N) is 2. The van der Waals surface area contributed by atoms with Gasteiger partial charge in [-0.25, -0.2) is 4.39 Å². The number of oxazole rings is 1. The van der Waals surface area contributed by atoms with Crippen LogP contribution in [0.2, 0.25) is 0 Å². The number of rotatable bonds is 3. The molecule has 1 fully saturated rings. The van der Waals surface area contributed by atoms with Crippen LogP contribution in [0.1, 0.15) is 55.3 Å². The second-order valence-electron chi connectivity index (χ2n) is 8.02. The van der Waals surface area contributed by atoms with Gasteiger partial charge in [-0.05, 0) is 31.0 Å². The molecule has 5 nitrogen and oxygen atoms in total. The van der Waals surface area contributed by atoms with E-state index in [1.807, 2.05) is 20.8 Å². The minimum Gasteiger partial charge on any atom is -0.428 e. The first-order valence-electron chi connectivity index (χ1n) is 9.23. The first-order chi connectivity index (χ1) is 13.4. The molecule has 0 radical (unpaired) electrons. The van der Waals surface area contributed by atoms with E-state index in [2.05, 4.69) is 4.99 Å². The van der Waals surface area contributed by atoms with Crippen LogP contribution in [-0.2, 0) is 22.9 Å². The summed E-state index contributed by atoms with van der Waals surface area (Å²) in [6.07, 6.45) is -1.35. The summed E-state index contributed by atoms with van der Waals surface area (Å²) < 4.78 is 65.6. The quantitative estimate of drug-likeness (QED) is 0.697. The van der Waals surface area contributed by atoms with E-state index in [9.17, 15) is 22.4 Å². The molecule has 0 aliphatic carbocycles. The number of halogens is 4. The first-order valence-corrected chi connectivity index (χ1v) is 9.23. The molecule has 2 heterocycles. The molecule has 9 heteroatoms. The van der Waals surface area contributed by atoms with Gasteiger partial charge in [-0.15, -0.1) is 0 Å². The first kappa shape index (κ1) is 21.3. The highest BCUT2D eigenvalue weighted by atomic mass is 19.4. The lowest BCUT2D eigenvalue weighted by Gasteiger charge is -2.13.